The highest BCUT2D eigenvalue weighted by molar-refractivity contribution is 7.89. The third kappa shape index (κ3) is 9.50. The quantitative estimate of drug-likeness (QED) is 0.293. The van der Waals surface area contributed by atoms with Gasteiger partial charge in [-0.15, -0.1) is 0 Å². The SMILES string of the molecule is O=S(=O)(NCCCCC/C=C\CCCCNO)c1ccccc1. The van der Waals surface area contributed by atoms with Crippen molar-refractivity contribution in [2.75, 3.05) is 13.1 Å². The first-order chi connectivity index (χ1) is 11.2. The van der Waals surface area contributed by atoms with Gasteiger partial charge >= 0.3 is 0 Å². The Labute approximate surface area is 139 Å². The number of rotatable bonds is 13. The molecule has 0 heterocycles. The van der Waals surface area contributed by atoms with Gasteiger partial charge in [-0.3, -0.25) is 0 Å². The van der Waals surface area contributed by atoms with Crippen molar-refractivity contribution in [3.05, 3.63) is 42.5 Å². The molecule has 1 rings (SSSR count). The van der Waals surface area contributed by atoms with Crippen molar-refractivity contribution in [2.45, 2.75) is 49.8 Å². The molecule has 0 aliphatic carbocycles. The molecule has 1 aromatic carbocycles. The molecular formula is C17H28N2O3S. The predicted molar refractivity (Wildman–Crippen MR) is 92.9 cm³/mol. The predicted octanol–water partition coefficient (Wildman–Crippen LogP) is 3.23. The van der Waals surface area contributed by atoms with Gasteiger partial charge in [0.05, 0.1) is 4.90 Å². The Morgan fingerprint density at radius 3 is 2.13 bits per heavy atom. The summed E-state index contributed by atoms with van der Waals surface area (Å²) in [7, 11) is -3.36. The fourth-order valence-corrected chi connectivity index (χ4v) is 3.25. The molecule has 0 saturated heterocycles. The minimum absolute atomic E-state index is 0.319. The molecule has 1 aromatic rings. The Morgan fingerprint density at radius 1 is 0.870 bits per heavy atom. The standard InChI is InChI=1S/C17H28N2O3S/c20-18-15-11-6-4-2-1-3-5-7-12-16-19-23(21,22)17-13-9-8-10-14-17/h1-2,8-10,13-14,18-20H,3-7,11-12,15-16H2/b2-1-. The van der Waals surface area contributed by atoms with Crippen LogP contribution in [0.3, 0.4) is 0 Å². The fraction of sp³-hybridized carbons (Fsp3) is 0.529. The lowest BCUT2D eigenvalue weighted by Crippen LogP contribution is -2.24. The summed E-state index contributed by atoms with van der Waals surface area (Å²) in [6.07, 6.45) is 11.4. The number of hydroxylamine groups is 1. The summed E-state index contributed by atoms with van der Waals surface area (Å²) in [6.45, 7) is 1.13. The molecule has 0 atom stereocenters. The lowest BCUT2D eigenvalue weighted by Gasteiger charge is -2.06. The van der Waals surface area contributed by atoms with E-state index in [-0.39, 0.29) is 0 Å². The molecular weight excluding hydrogens is 312 g/mol. The minimum Gasteiger partial charge on any atom is -0.317 e. The maximum atomic E-state index is 12.0. The van der Waals surface area contributed by atoms with E-state index in [2.05, 4.69) is 22.4 Å². The van der Waals surface area contributed by atoms with Gasteiger partial charge in [0.2, 0.25) is 10.0 Å². The molecule has 3 N–H and O–H groups in total. The Balaban J connectivity index is 2.02. The van der Waals surface area contributed by atoms with Gasteiger partial charge in [-0.2, -0.15) is 0 Å². The van der Waals surface area contributed by atoms with Crippen LogP contribution in [0.25, 0.3) is 0 Å². The first kappa shape index (κ1) is 19.8. The Hall–Kier alpha value is -1.21. The van der Waals surface area contributed by atoms with Gasteiger partial charge in [0.1, 0.15) is 0 Å². The van der Waals surface area contributed by atoms with Crippen LogP contribution < -0.4 is 10.2 Å². The van der Waals surface area contributed by atoms with Crippen LogP contribution in [0.5, 0.6) is 0 Å². The summed E-state index contributed by atoms with van der Waals surface area (Å²) >= 11 is 0. The summed E-state index contributed by atoms with van der Waals surface area (Å²) in [6, 6.07) is 8.45. The van der Waals surface area contributed by atoms with Crippen molar-refractivity contribution in [2.24, 2.45) is 0 Å². The van der Waals surface area contributed by atoms with Gasteiger partial charge in [-0.1, -0.05) is 36.8 Å². The number of allylic oxidation sites excluding steroid dienone is 2. The molecule has 0 amide bonds. The summed E-state index contributed by atoms with van der Waals surface area (Å²) in [5.41, 5.74) is 2.15. The van der Waals surface area contributed by atoms with Gasteiger partial charge < -0.3 is 5.21 Å². The Bertz CT molecular complexity index is 530. The second kappa shape index (κ2) is 12.2. The number of hydrogen-bond donors (Lipinski definition) is 3. The van der Waals surface area contributed by atoms with Crippen LogP contribution in [0.4, 0.5) is 0 Å². The van der Waals surface area contributed by atoms with E-state index >= 15 is 0 Å². The van der Waals surface area contributed by atoms with E-state index < -0.39 is 10.0 Å². The second-order valence-corrected chi connectivity index (χ2v) is 7.20. The Kier molecular flexibility index (Phi) is 10.6. The van der Waals surface area contributed by atoms with Crippen LogP contribution in [0.2, 0.25) is 0 Å². The van der Waals surface area contributed by atoms with Crippen LogP contribution >= 0.6 is 0 Å². The molecule has 5 nitrogen and oxygen atoms in total. The normalized spacial score (nSPS) is 12.0. The summed E-state index contributed by atoms with van der Waals surface area (Å²) in [4.78, 5) is 0.319. The first-order valence-corrected chi connectivity index (χ1v) is 9.72. The number of sulfonamides is 1. The third-order valence-corrected chi connectivity index (χ3v) is 4.95. The smallest absolute Gasteiger partial charge is 0.240 e. The highest BCUT2D eigenvalue weighted by Crippen LogP contribution is 2.08. The molecule has 0 saturated carbocycles. The van der Waals surface area contributed by atoms with E-state index in [9.17, 15) is 8.42 Å². The summed E-state index contributed by atoms with van der Waals surface area (Å²) < 4.78 is 26.6. The molecule has 0 aromatic heterocycles. The highest BCUT2D eigenvalue weighted by Gasteiger charge is 2.11. The molecule has 0 spiro atoms. The van der Waals surface area contributed by atoms with Crippen LogP contribution in [0.15, 0.2) is 47.4 Å². The maximum Gasteiger partial charge on any atom is 0.240 e. The van der Waals surface area contributed by atoms with Gasteiger partial charge in [-0.25, -0.2) is 18.6 Å². The second-order valence-electron chi connectivity index (χ2n) is 5.44. The molecule has 0 aliphatic heterocycles. The largest absolute Gasteiger partial charge is 0.317 e. The van der Waals surface area contributed by atoms with Crippen LogP contribution in [0.1, 0.15) is 44.9 Å². The van der Waals surface area contributed by atoms with Gasteiger partial charge in [-0.05, 0) is 50.7 Å². The topological polar surface area (TPSA) is 78.4 Å². The van der Waals surface area contributed by atoms with Crippen molar-refractivity contribution in [1.82, 2.24) is 10.2 Å². The maximum absolute atomic E-state index is 12.0. The number of nitrogens with one attached hydrogen (secondary N) is 2. The number of hydrogen-bond acceptors (Lipinski definition) is 4. The zero-order valence-corrected chi connectivity index (χ0v) is 14.4. The first-order valence-electron chi connectivity index (χ1n) is 8.23. The van der Waals surface area contributed by atoms with E-state index in [1.165, 1.54) is 0 Å². The van der Waals surface area contributed by atoms with E-state index in [1.54, 1.807) is 30.3 Å². The van der Waals surface area contributed by atoms with E-state index in [1.807, 2.05) is 0 Å². The van der Waals surface area contributed by atoms with Crippen LogP contribution in [-0.2, 0) is 10.0 Å². The average molecular weight is 340 g/mol. The molecule has 6 heteroatoms. The van der Waals surface area contributed by atoms with Gasteiger partial charge in [0.25, 0.3) is 0 Å². The monoisotopic (exact) mass is 340 g/mol. The summed E-state index contributed by atoms with van der Waals surface area (Å²) in [5.74, 6) is 0. The molecule has 23 heavy (non-hydrogen) atoms. The van der Waals surface area contributed by atoms with E-state index in [4.69, 9.17) is 5.21 Å². The minimum atomic E-state index is -3.36. The molecule has 130 valence electrons. The molecule has 0 radical (unpaired) electrons. The molecule has 0 fully saturated rings. The van der Waals surface area contributed by atoms with Gasteiger partial charge in [0, 0.05) is 13.1 Å². The average Bonchev–Trinajstić information content (AvgIpc) is 2.56. The molecule has 0 unspecified atom stereocenters. The van der Waals surface area contributed by atoms with Crippen molar-refractivity contribution < 1.29 is 13.6 Å². The lowest BCUT2D eigenvalue weighted by molar-refractivity contribution is 0.165. The lowest BCUT2D eigenvalue weighted by atomic mass is 10.1. The molecule has 0 aliphatic rings. The van der Waals surface area contributed by atoms with E-state index in [0.29, 0.717) is 18.0 Å². The molecule has 0 bridgehead atoms. The van der Waals surface area contributed by atoms with E-state index in [0.717, 1.165) is 44.9 Å². The van der Waals surface area contributed by atoms with Crippen molar-refractivity contribution in [3.63, 3.8) is 0 Å². The summed E-state index contributed by atoms with van der Waals surface area (Å²) in [5, 5.41) is 8.41. The van der Waals surface area contributed by atoms with Crippen LogP contribution in [0, 0.1) is 0 Å². The zero-order valence-electron chi connectivity index (χ0n) is 13.6. The zero-order chi connectivity index (χ0) is 16.8. The van der Waals surface area contributed by atoms with Crippen molar-refractivity contribution in [3.8, 4) is 0 Å². The van der Waals surface area contributed by atoms with Gasteiger partial charge in [0.15, 0.2) is 0 Å². The number of unbranched alkanes of at least 4 members (excludes halogenated alkanes) is 5. The Morgan fingerprint density at radius 2 is 1.48 bits per heavy atom. The fourth-order valence-electron chi connectivity index (χ4n) is 2.16. The van der Waals surface area contributed by atoms with Crippen molar-refractivity contribution in [1.29, 1.82) is 0 Å². The third-order valence-electron chi connectivity index (χ3n) is 3.47. The van der Waals surface area contributed by atoms with Crippen molar-refractivity contribution >= 4 is 10.0 Å². The number of benzene rings is 1. The highest BCUT2D eigenvalue weighted by atomic mass is 32.2. The van der Waals surface area contributed by atoms with Crippen LogP contribution in [-0.4, -0.2) is 26.7 Å².